The summed E-state index contributed by atoms with van der Waals surface area (Å²) in [6.45, 7) is 4.45. The molecule has 2 aromatic rings. The SMILES string of the molecule is CCCOCCNc1cccc(Oc2ccccc2)c1. The molecule has 0 bridgehead atoms. The van der Waals surface area contributed by atoms with Crippen molar-refractivity contribution in [1.29, 1.82) is 0 Å². The molecule has 3 nitrogen and oxygen atoms in total. The van der Waals surface area contributed by atoms with E-state index in [4.69, 9.17) is 9.47 Å². The van der Waals surface area contributed by atoms with Gasteiger partial charge in [0, 0.05) is 24.9 Å². The predicted molar refractivity (Wildman–Crippen MR) is 82.6 cm³/mol. The topological polar surface area (TPSA) is 30.5 Å². The van der Waals surface area contributed by atoms with Crippen molar-refractivity contribution < 1.29 is 9.47 Å². The summed E-state index contributed by atoms with van der Waals surface area (Å²) in [6.07, 6.45) is 1.06. The number of nitrogens with one attached hydrogen (secondary N) is 1. The van der Waals surface area contributed by atoms with Crippen LogP contribution < -0.4 is 10.1 Å². The lowest BCUT2D eigenvalue weighted by atomic mass is 10.3. The molecule has 0 radical (unpaired) electrons. The molecule has 0 aliphatic heterocycles. The molecule has 1 N–H and O–H groups in total. The van der Waals surface area contributed by atoms with Crippen molar-refractivity contribution >= 4 is 5.69 Å². The van der Waals surface area contributed by atoms with Gasteiger partial charge < -0.3 is 14.8 Å². The van der Waals surface area contributed by atoms with E-state index in [0.717, 1.165) is 43.4 Å². The van der Waals surface area contributed by atoms with E-state index in [9.17, 15) is 0 Å². The van der Waals surface area contributed by atoms with E-state index >= 15 is 0 Å². The highest BCUT2D eigenvalue weighted by molar-refractivity contribution is 5.49. The van der Waals surface area contributed by atoms with Gasteiger partial charge in [-0.1, -0.05) is 31.2 Å². The maximum absolute atomic E-state index is 5.79. The fourth-order valence-electron chi connectivity index (χ4n) is 1.81. The van der Waals surface area contributed by atoms with Crippen LogP contribution in [0.15, 0.2) is 54.6 Å². The second-order valence-corrected chi connectivity index (χ2v) is 4.48. The molecule has 0 aliphatic carbocycles. The molecule has 0 saturated heterocycles. The number of hydrogen-bond donors (Lipinski definition) is 1. The van der Waals surface area contributed by atoms with Gasteiger partial charge in [0.05, 0.1) is 6.61 Å². The van der Waals surface area contributed by atoms with Crippen molar-refractivity contribution in [3.05, 3.63) is 54.6 Å². The van der Waals surface area contributed by atoms with Gasteiger partial charge in [-0.3, -0.25) is 0 Å². The number of rotatable bonds is 8. The first-order valence-electron chi connectivity index (χ1n) is 7.03. The number of anilines is 1. The second kappa shape index (κ2) is 8.23. The summed E-state index contributed by atoms with van der Waals surface area (Å²) in [7, 11) is 0. The molecule has 106 valence electrons. The third-order valence-corrected chi connectivity index (χ3v) is 2.74. The molecule has 0 spiro atoms. The van der Waals surface area contributed by atoms with E-state index in [2.05, 4.69) is 12.2 Å². The highest BCUT2D eigenvalue weighted by atomic mass is 16.5. The summed E-state index contributed by atoms with van der Waals surface area (Å²) < 4.78 is 11.2. The van der Waals surface area contributed by atoms with Gasteiger partial charge in [-0.05, 0) is 30.7 Å². The summed E-state index contributed by atoms with van der Waals surface area (Å²) in [4.78, 5) is 0. The lowest BCUT2D eigenvalue weighted by Crippen LogP contribution is -2.09. The second-order valence-electron chi connectivity index (χ2n) is 4.48. The minimum Gasteiger partial charge on any atom is -0.457 e. The van der Waals surface area contributed by atoms with Gasteiger partial charge in [0.15, 0.2) is 0 Å². The van der Waals surface area contributed by atoms with Gasteiger partial charge in [0.1, 0.15) is 11.5 Å². The van der Waals surface area contributed by atoms with Gasteiger partial charge in [0.25, 0.3) is 0 Å². The van der Waals surface area contributed by atoms with Crippen molar-refractivity contribution in [2.75, 3.05) is 25.1 Å². The third kappa shape index (κ3) is 4.94. The summed E-state index contributed by atoms with van der Waals surface area (Å²) in [5, 5.41) is 3.32. The van der Waals surface area contributed by atoms with Crippen molar-refractivity contribution in [2.24, 2.45) is 0 Å². The molecule has 0 saturated carbocycles. The first-order valence-corrected chi connectivity index (χ1v) is 7.03. The Morgan fingerprint density at radius 1 is 0.900 bits per heavy atom. The van der Waals surface area contributed by atoms with Crippen LogP contribution in [0.5, 0.6) is 11.5 Å². The summed E-state index contributed by atoms with van der Waals surface area (Å²) in [5.74, 6) is 1.67. The van der Waals surface area contributed by atoms with E-state index in [-0.39, 0.29) is 0 Å². The highest BCUT2D eigenvalue weighted by Crippen LogP contribution is 2.23. The molecule has 0 unspecified atom stereocenters. The van der Waals surface area contributed by atoms with Crippen LogP contribution in [0.25, 0.3) is 0 Å². The zero-order chi connectivity index (χ0) is 14.0. The van der Waals surface area contributed by atoms with Gasteiger partial charge in [-0.25, -0.2) is 0 Å². The first kappa shape index (κ1) is 14.4. The quantitative estimate of drug-likeness (QED) is 0.725. The Balaban J connectivity index is 1.84. The molecule has 2 rings (SSSR count). The molecule has 2 aromatic carbocycles. The number of benzene rings is 2. The Hall–Kier alpha value is -2.00. The molecule has 3 heteroatoms. The van der Waals surface area contributed by atoms with Gasteiger partial charge in [-0.15, -0.1) is 0 Å². The van der Waals surface area contributed by atoms with E-state index in [0.29, 0.717) is 0 Å². The first-order chi connectivity index (χ1) is 9.88. The molecule has 0 amide bonds. The molecule has 0 aliphatic rings. The summed E-state index contributed by atoms with van der Waals surface area (Å²) >= 11 is 0. The minimum atomic E-state index is 0.720. The number of ether oxygens (including phenoxy) is 2. The summed E-state index contributed by atoms with van der Waals surface area (Å²) in [6, 6.07) is 17.7. The van der Waals surface area contributed by atoms with Crippen LogP contribution >= 0.6 is 0 Å². The smallest absolute Gasteiger partial charge is 0.129 e. The zero-order valence-electron chi connectivity index (χ0n) is 11.8. The Labute approximate surface area is 120 Å². The van der Waals surface area contributed by atoms with Crippen LogP contribution in [0, 0.1) is 0 Å². The van der Waals surface area contributed by atoms with Crippen molar-refractivity contribution in [2.45, 2.75) is 13.3 Å². The lowest BCUT2D eigenvalue weighted by molar-refractivity contribution is 0.144. The monoisotopic (exact) mass is 271 g/mol. The van der Waals surface area contributed by atoms with Crippen LogP contribution in [0.3, 0.4) is 0 Å². The Morgan fingerprint density at radius 2 is 1.70 bits per heavy atom. The van der Waals surface area contributed by atoms with Gasteiger partial charge >= 0.3 is 0 Å². The van der Waals surface area contributed by atoms with Gasteiger partial charge in [0.2, 0.25) is 0 Å². The van der Waals surface area contributed by atoms with E-state index in [1.165, 1.54) is 0 Å². The maximum atomic E-state index is 5.79. The van der Waals surface area contributed by atoms with Crippen LogP contribution in [-0.2, 0) is 4.74 Å². The third-order valence-electron chi connectivity index (χ3n) is 2.74. The maximum Gasteiger partial charge on any atom is 0.129 e. The average Bonchev–Trinajstić information content (AvgIpc) is 2.48. The predicted octanol–water partition coefficient (Wildman–Crippen LogP) is 4.32. The largest absolute Gasteiger partial charge is 0.457 e. The average molecular weight is 271 g/mol. The zero-order valence-corrected chi connectivity index (χ0v) is 11.8. The molecular weight excluding hydrogens is 250 g/mol. The molecule has 20 heavy (non-hydrogen) atoms. The minimum absolute atomic E-state index is 0.720. The van der Waals surface area contributed by atoms with E-state index < -0.39 is 0 Å². The fourth-order valence-corrected chi connectivity index (χ4v) is 1.81. The van der Waals surface area contributed by atoms with Crippen LogP contribution in [0.4, 0.5) is 5.69 Å². The highest BCUT2D eigenvalue weighted by Gasteiger charge is 1.98. The van der Waals surface area contributed by atoms with E-state index in [1.807, 2.05) is 54.6 Å². The van der Waals surface area contributed by atoms with Crippen molar-refractivity contribution in [3.8, 4) is 11.5 Å². The molecule has 0 heterocycles. The fraction of sp³-hybridized carbons (Fsp3) is 0.294. The normalized spacial score (nSPS) is 10.2. The van der Waals surface area contributed by atoms with Crippen LogP contribution in [0.1, 0.15) is 13.3 Å². The Kier molecular flexibility index (Phi) is 5.93. The number of para-hydroxylation sites is 1. The Morgan fingerprint density at radius 3 is 2.50 bits per heavy atom. The van der Waals surface area contributed by atoms with Crippen LogP contribution in [-0.4, -0.2) is 19.8 Å². The van der Waals surface area contributed by atoms with Crippen molar-refractivity contribution in [3.63, 3.8) is 0 Å². The summed E-state index contributed by atoms with van der Waals surface area (Å²) in [5.41, 5.74) is 1.04. The lowest BCUT2D eigenvalue weighted by Gasteiger charge is -2.09. The standard InChI is InChI=1S/C17H21NO2/c1-2-12-19-13-11-18-15-7-6-10-17(14-15)20-16-8-4-3-5-9-16/h3-10,14,18H,2,11-13H2,1H3. The molecule has 0 aromatic heterocycles. The molecular formula is C17H21NO2. The van der Waals surface area contributed by atoms with Crippen molar-refractivity contribution in [1.82, 2.24) is 0 Å². The number of hydrogen-bond acceptors (Lipinski definition) is 3. The van der Waals surface area contributed by atoms with E-state index in [1.54, 1.807) is 0 Å². The van der Waals surface area contributed by atoms with Gasteiger partial charge in [-0.2, -0.15) is 0 Å². The molecule has 0 fully saturated rings. The molecule has 0 atom stereocenters. The van der Waals surface area contributed by atoms with Crippen LogP contribution in [0.2, 0.25) is 0 Å². The Bertz CT molecular complexity index is 499.